The van der Waals surface area contributed by atoms with Crippen LogP contribution in [0.25, 0.3) is 0 Å². The highest BCUT2D eigenvalue weighted by Gasteiger charge is 2.26. The van der Waals surface area contributed by atoms with Crippen molar-refractivity contribution in [3.63, 3.8) is 0 Å². The number of ether oxygens (including phenoxy) is 1. The van der Waals surface area contributed by atoms with Crippen LogP contribution >= 0.6 is 0 Å². The van der Waals surface area contributed by atoms with Crippen LogP contribution in [0.5, 0.6) is 5.75 Å². The Bertz CT molecular complexity index is 411. The molecule has 4 heteroatoms. The maximum absolute atomic E-state index is 9.55. The number of hydrogen-bond acceptors (Lipinski definition) is 4. The van der Waals surface area contributed by atoms with Crippen molar-refractivity contribution in [2.75, 3.05) is 38.8 Å². The third kappa shape index (κ3) is 3.19. The molecule has 1 heterocycles. The minimum absolute atomic E-state index is 0.191. The molecule has 1 aromatic carbocycles. The molecule has 0 aliphatic carbocycles. The average molecular weight is 264 g/mol. The molecule has 0 saturated carbocycles. The third-order valence-electron chi connectivity index (χ3n) is 4.06. The molecule has 4 nitrogen and oxygen atoms in total. The number of hydrogen-bond donors (Lipinski definition) is 1. The molecule has 19 heavy (non-hydrogen) atoms. The predicted octanol–water partition coefficient (Wildman–Crippen LogP) is 1.59. The Morgan fingerprint density at radius 1 is 1.42 bits per heavy atom. The van der Waals surface area contributed by atoms with E-state index >= 15 is 0 Å². The van der Waals surface area contributed by atoms with Gasteiger partial charge in [0, 0.05) is 36.9 Å². The van der Waals surface area contributed by atoms with Crippen molar-refractivity contribution in [1.82, 2.24) is 4.90 Å². The van der Waals surface area contributed by atoms with Gasteiger partial charge in [-0.3, -0.25) is 4.90 Å². The van der Waals surface area contributed by atoms with Gasteiger partial charge in [-0.2, -0.15) is 0 Å². The number of methoxy groups -OCH3 is 1. The maximum atomic E-state index is 9.55. The predicted molar refractivity (Wildman–Crippen MR) is 77.9 cm³/mol. The van der Waals surface area contributed by atoms with E-state index in [-0.39, 0.29) is 12.6 Å². The molecule has 1 fully saturated rings. The molecule has 2 rings (SSSR count). The number of anilines is 1. The molecule has 1 saturated heterocycles. The first-order valence-corrected chi connectivity index (χ1v) is 6.87. The Labute approximate surface area is 115 Å². The van der Waals surface area contributed by atoms with Gasteiger partial charge in [-0.05, 0) is 32.5 Å². The number of aliphatic hydroxyl groups excluding tert-OH is 1. The van der Waals surface area contributed by atoms with E-state index in [1.165, 1.54) is 5.69 Å². The zero-order valence-corrected chi connectivity index (χ0v) is 12.0. The summed E-state index contributed by atoms with van der Waals surface area (Å²) >= 11 is 0. The monoisotopic (exact) mass is 264 g/mol. The highest BCUT2D eigenvalue weighted by Crippen LogP contribution is 2.26. The fourth-order valence-electron chi connectivity index (χ4n) is 2.62. The number of likely N-dealkylation sites (N-methyl/N-ethyl adjacent to an activating group) is 1. The molecular weight excluding hydrogens is 240 g/mol. The Morgan fingerprint density at radius 2 is 2.21 bits per heavy atom. The van der Waals surface area contributed by atoms with Gasteiger partial charge in [0.25, 0.3) is 0 Å². The molecule has 1 aliphatic rings. The summed E-state index contributed by atoms with van der Waals surface area (Å²) < 4.78 is 5.30. The average Bonchev–Trinajstić information content (AvgIpc) is 2.59. The second-order valence-corrected chi connectivity index (χ2v) is 5.31. The summed E-state index contributed by atoms with van der Waals surface area (Å²) in [4.78, 5) is 4.61. The Morgan fingerprint density at radius 3 is 2.89 bits per heavy atom. The second kappa shape index (κ2) is 6.26. The summed E-state index contributed by atoms with van der Waals surface area (Å²) in [6.45, 7) is 4.31. The first-order chi connectivity index (χ1) is 9.15. The summed E-state index contributed by atoms with van der Waals surface area (Å²) in [7, 11) is 3.78. The number of nitrogens with zero attached hydrogens (tertiary/aromatic N) is 2. The molecule has 0 bridgehead atoms. The van der Waals surface area contributed by atoms with Crippen molar-refractivity contribution in [1.29, 1.82) is 0 Å². The van der Waals surface area contributed by atoms with Gasteiger partial charge in [0.15, 0.2) is 0 Å². The molecule has 1 N–H and O–H groups in total. The minimum atomic E-state index is 0.191. The van der Waals surface area contributed by atoms with E-state index < -0.39 is 0 Å². The van der Waals surface area contributed by atoms with E-state index in [9.17, 15) is 5.11 Å². The maximum Gasteiger partial charge on any atom is 0.120 e. The zero-order chi connectivity index (χ0) is 13.8. The lowest BCUT2D eigenvalue weighted by molar-refractivity contribution is 0.159. The number of benzene rings is 1. The van der Waals surface area contributed by atoms with E-state index in [0.717, 1.165) is 25.3 Å². The molecule has 0 amide bonds. The molecule has 0 radical (unpaired) electrons. The van der Waals surface area contributed by atoms with Crippen LogP contribution in [0.1, 0.15) is 13.3 Å². The molecule has 2 unspecified atom stereocenters. The van der Waals surface area contributed by atoms with E-state index in [1.54, 1.807) is 7.11 Å². The van der Waals surface area contributed by atoms with Crippen molar-refractivity contribution in [3.05, 3.63) is 24.3 Å². The number of rotatable bonds is 3. The largest absolute Gasteiger partial charge is 0.497 e. The SMILES string of the molecule is COc1cccc(N2CC(CO)N(C)CCC2C)c1. The summed E-state index contributed by atoms with van der Waals surface area (Å²) in [5.74, 6) is 0.878. The molecule has 1 aliphatic heterocycles. The topological polar surface area (TPSA) is 35.9 Å². The smallest absolute Gasteiger partial charge is 0.120 e. The van der Waals surface area contributed by atoms with E-state index in [2.05, 4.69) is 35.9 Å². The van der Waals surface area contributed by atoms with E-state index in [0.29, 0.717) is 6.04 Å². The summed E-state index contributed by atoms with van der Waals surface area (Å²) in [5.41, 5.74) is 1.17. The van der Waals surface area contributed by atoms with Gasteiger partial charge in [-0.25, -0.2) is 0 Å². The lowest BCUT2D eigenvalue weighted by Crippen LogP contribution is -2.43. The van der Waals surface area contributed by atoms with Crippen molar-refractivity contribution < 1.29 is 9.84 Å². The molecule has 106 valence electrons. The summed E-state index contributed by atoms with van der Waals surface area (Å²) in [6, 6.07) is 8.81. The van der Waals surface area contributed by atoms with Crippen LogP contribution in [0, 0.1) is 0 Å². The van der Waals surface area contributed by atoms with Gasteiger partial charge >= 0.3 is 0 Å². The van der Waals surface area contributed by atoms with Crippen LogP contribution in [0.3, 0.4) is 0 Å². The van der Waals surface area contributed by atoms with Crippen LogP contribution in [-0.2, 0) is 0 Å². The lowest BCUT2D eigenvalue weighted by Gasteiger charge is -2.32. The van der Waals surface area contributed by atoms with Gasteiger partial charge in [0.05, 0.1) is 13.7 Å². The van der Waals surface area contributed by atoms with Crippen molar-refractivity contribution in [2.24, 2.45) is 0 Å². The lowest BCUT2D eigenvalue weighted by atomic mass is 10.1. The van der Waals surface area contributed by atoms with Crippen LogP contribution in [0.15, 0.2) is 24.3 Å². The van der Waals surface area contributed by atoms with Crippen LogP contribution in [0.2, 0.25) is 0 Å². The van der Waals surface area contributed by atoms with Gasteiger partial charge in [0.1, 0.15) is 5.75 Å². The first-order valence-electron chi connectivity index (χ1n) is 6.87. The van der Waals surface area contributed by atoms with Crippen LogP contribution < -0.4 is 9.64 Å². The quantitative estimate of drug-likeness (QED) is 0.899. The fourth-order valence-corrected chi connectivity index (χ4v) is 2.62. The molecule has 2 atom stereocenters. The highest BCUT2D eigenvalue weighted by molar-refractivity contribution is 5.51. The van der Waals surface area contributed by atoms with Crippen molar-refractivity contribution in [2.45, 2.75) is 25.4 Å². The minimum Gasteiger partial charge on any atom is -0.497 e. The molecule has 0 spiro atoms. The summed E-state index contributed by atoms with van der Waals surface area (Å²) in [6.07, 6.45) is 1.10. The normalized spacial score (nSPS) is 25.2. The number of aliphatic hydroxyl groups is 1. The van der Waals surface area contributed by atoms with Gasteiger partial charge in [-0.15, -0.1) is 0 Å². The van der Waals surface area contributed by atoms with Crippen molar-refractivity contribution >= 4 is 5.69 Å². The molecular formula is C15H24N2O2. The first kappa shape index (κ1) is 14.2. The van der Waals surface area contributed by atoms with Crippen LogP contribution in [0.4, 0.5) is 5.69 Å². The van der Waals surface area contributed by atoms with Gasteiger partial charge in [-0.1, -0.05) is 6.07 Å². The van der Waals surface area contributed by atoms with Gasteiger partial charge in [0.2, 0.25) is 0 Å². The van der Waals surface area contributed by atoms with E-state index in [1.807, 2.05) is 12.1 Å². The van der Waals surface area contributed by atoms with E-state index in [4.69, 9.17) is 4.74 Å². The van der Waals surface area contributed by atoms with Crippen molar-refractivity contribution in [3.8, 4) is 5.75 Å². The second-order valence-electron chi connectivity index (χ2n) is 5.31. The Hall–Kier alpha value is -1.26. The van der Waals surface area contributed by atoms with Gasteiger partial charge < -0.3 is 14.7 Å². The van der Waals surface area contributed by atoms with Crippen LogP contribution in [-0.4, -0.2) is 55.9 Å². The fraction of sp³-hybridized carbons (Fsp3) is 0.600. The standard InChI is InChI=1S/C15H24N2O2/c1-12-7-8-16(2)14(11-18)10-17(12)13-5-4-6-15(9-13)19-3/h4-6,9,12,14,18H,7-8,10-11H2,1-3H3. The molecule has 0 aromatic heterocycles. The summed E-state index contributed by atoms with van der Waals surface area (Å²) in [5, 5.41) is 9.55. The zero-order valence-electron chi connectivity index (χ0n) is 12.0. The Balaban J connectivity index is 2.24. The third-order valence-corrected chi connectivity index (χ3v) is 4.06. The highest BCUT2D eigenvalue weighted by atomic mass is 16.5. The molecule has 1 aromatic rings. The Kier molecular flexibility index (Phi) is 4.66.